The van der Waals surface area contributed by atoms with E-state index in [1.54, 1.807) is 10.7 Å². The third-order valence-corrected chi connectivity index (χ3v) is 3.71. The summed E-state index contributed by atoms with van der Waals surface area (Å²) in [5.41, 5.74) is 1.83. The van der Waals surface area contributed by atoms with E-state index in [0.29, 0.717) is 17.8 Å². The third-order valence-electron chi connectivity index (χ3n) is 2.77. The number of aromatic nitrogens is 2. The molecule has 0 radical (unpaired) electrons. The molecule has 0 unspecified atom stereocenters. The van der Waals surface area contributed by atoms with E-state index >= 15 is 0 Å². The molecule has 0 amide bonds. The second-order valence-corrected chi connectivity index (χ2v) is 5.56. The number of thioether (sulfide) groups is 1. The van der Waals surface area contributed by atoms with Crippen molar-refractivity contribution in [3.63, 3.8) is 0 Å². The summed E-state index contributed by atoms with van der Waals surface area (Å²) in [6, 6.07) is 7.39. The van der Waals surface area contributed by atoms with Gasteiger partial charge in [0.1, 0.15) is 0 Å². The minimum atomic E-state index is -0.912. The fraction of sp³-hybridized carbons (Fsp3) is 0.286. The Labute approximate surface area is 122 Å². The Hall–Kier alpha value is -1.95. The number of rotatable bonds is 6. The lowest BCUT2D eigenvalue weighted by Crippen LogP contribution is -2.08. The number of aryl methyl sites for hydroxylation is 1. The quantitative estimate of drug-likeness (QED) is 0.801. The van der Waals surface area contributed by atoms with Crippen LogP contribution in [0.15, 0.2) is 35.4 Å². The Kier molecular flexibility index (Phi) is 4.68. The number of aromatic carboxylic acids is 1. The van der Waals surface area contributed by atoms with E-state index in [2.05, 4.69) is 10.4 Å². The van der Waals surface area contributed by atoms with E-state index in [9.17, 15) is 9.90 Å². The van der Waals surface area contributed by atoms with Crippen molar-refractivity contribution in [2.45, 2.75) is 18.4 Å². The normalized spacial score (nSPS) is 10.5. The van der Waals surface area contributed by atoms with E-state index < -0.39 is 5.97 Å². The number of benzene rings is 1. The van der Waals surface area contributed by atoms with Gasteiger partial charge in [0.25, 0.3) is 0 Å². The van der Waals surface area contributed by atoms with Gasteiger partial charge < -0.3 is 10.4 Å². The number of hydrogen-bond donors (Lipinski definition) is 2. The lowest BCUT2D eigenvalue weighted by Gasteiger charge is -2.12. The molecule has 0 aliphatic heterocycles. The molecular formula is C14H17N3O2S. The number of anilines is 1. The summed E-state index contributed by atoms with van der Waals surface area (Å²) in [5.74, 6) is -0.0747. The fourth-order valence-electron chi connectivity index (χ4n) is 1.92. The number of carboxylic acids is 1. The Morgan fingerprint density at radius 3 is 2.85 bits per heavy atom. The predicted molar refractivity (Wildman–Crippen MR) is 80.3 cm³/mol. The Bertz CT molecular complexity index is 610. The standard InChI is InChI=1S/C14H17N3O2S/c1-3-20-12-6-4-5-11(13(12)14(18)19)15-9-10-7-8-17(2)16-10/h4-8,15H,3,9H2,1-2H3,(H,18,19). The van der Waals surface area contributed by atoms with Gasteiger partial charge in [-0.1, -0.05) is 13.0 Å². The second kappa shape index (κ2) is 6.47. The molecule has 2 rings (SSSR count). The first-order chi connectivity index (χ1) is 9.61. The van der Waals surface area contributed by atoms with Crippen molar-refractivity contribution in [3.8, 4) is 0 Å². The summed E-state index contributed by atoms with van der Waals surface area (Å²) >= 11 is 1.53. The summed E-state index contributed by atoms with van der Waals surface area (Å²) in [5, 5.41) is 16.8. The first kappa shape index (κ1) is 14.5. The van der Waals surface area contributed by atoms with Crippen molar-refractivity contribution in [1.29, 1.82) is 0 Å². The molecule has 0 aliphatic rings. The maximum atomic E-state index is 11.5. The first-order valence-electron chi connectivity index (χ1n) is 6.33. The molecule has 6 heteroatoms. The van der Waals surface area contributed by atoms with Crippen LogP contribution in [0.1, 0.15) is 23.0 Å². The molecule has 0 spiro atoms. The van der Waals surface area contributed by atoms with Crippen LogP contribution in [0.2, 0.25) is 0 Å². The van der Waals surface area contributed by atoms with Gasteiger partial charge in [-0.2, -0.15) is 5.10 Å². The molecule has 0 saturated heterocycles. The summed E-state index contributed by atoms with van der Waals surface area (Å²) in [7, 11) is 1.85. The molecule has 0 saturated carbocycles. The molecule has 106 valence electrons. The highest BCUT2D eigenvalue weighted by Crippen LogP contribution is 2.28. The molecule has 1 aromatic heterocycles. The van der Waals surface area contributed by atoms with E-state index in [-0.39, 0.29) is 0 Å². The molecule has 2 aromatic rings. The highest BCUT2D eigenvalue weighted by molar-refractivity contribution is 7.99. The number of carboxylic acid groups (broad SMARTS) is 1. The van der Waals surface area contributed by atoms with Crippen molar-refractivity contribution < 1.29 is 9.90 Å². The molecule has 5 nitrogen and oxygen atoms in total. The Morgan fingerprint density at radius 2 is 2.25 bits per heavy atom. The monoisotopic (exact) mass is 291 g/mol. The molecule has 0 fully saturated rings. The van der Waals surface area contributed by atoms with Crippen LogP contribution in [0.3, 0.4) is 0 Å². The summed E-state index contributed by atoms with van der Waals surface area (Å²) in [4.78, 5) is 12.2. The van der Waals surface area contributed by atoms with Crippen LogP contribution in [0.4, 0.5) is 5.69 Å². The lowest BCUT2D eigenvalue weighted by atomic mass is 10.1. The molecule has 0 aliphatic carbocycles. The van der Waals surface area contributed by atoms with Crippen LogP contribution in [0.25, 0.3) is 0 Å². The van der Waals surface area contributed by atoms with Gasteiger partial charge in [-0.25, -0.2) is 4.79 Å². The van der Waals surface area contributed by atoms with Crippen LogP contribution in [-0.2, 0) is 13.6 Å². The predicted octanol–water partition coefficient (Wildman–Crippen LogP) is 2.84. The third kappa shape index (κ3) is 3.33. The van der Waals surface area contributed by atoms with E-state index in [1.807, 2.05) is 38.4 Å². The van der Waals surface area contributed by atoms with Crippen molar-refractivity contribution in [2.75, 3.05) is 11.1 Å². The van der Waals surface area contributed by atoms with Crippen molar-refractivity contribution in [2.24, 2.45) is 7.05 Å². The second-order valence-electron chi connectivity index (χ2n) is 4.25. The Balaban J connectivity index is 2.22. The molecule has 1 heterocycles. The highest BCUT2D eigenvalue weighted by Gasteiger charge is 2.15. The molecular weight excluding hydrogens is 274 g/mol. The number of nitrogens with zero attached hydrogens (tertiary/aromatic N) is 2. The first-order valence-corrected chi connectivity index (χ1v) is 7.32. The van der Waals surface area contributed by atoms with E-state index in [4.69, 9.17) is 0 Å². The fourth-order valence-corrected chi connectivity index (χ4v) is 2.75. The number of carbonyl (C=O) groups is 1. The molecule has 1 aromatic carbocycles. The van der Waals surface area contributed by atoms with Gasteiger partial charge in [-0.05, 0) is 24.0 Å². The number of hydrogen-bond acceptors (Lipinski definition) is 4. The lowest BCUT2D eigenvalue weighted by molar-refractivity contribution is 0.0694. The molecule has 0 bridgehead atoms. The van der Waals surface area contributed by atoms with Crippen molar-refractivity contribution in [3.05, 3.63) is 41.7 Å². The minimum Gasteiger partial charge on any atom is -0.478 e. The van der Waals surface area contributed by atoms with Gasteiger partial charge in [0.05, 0.1) is 23.5 Å². The van der Waals surface area contributed by atoms with Gasteiger partial charge in [-0.15, -0.1) is 11.8 Å². The van der Waals surface area contributed by atoms with Crippen LogP contribution in [0, 0.1) is 0 Å². The topological polar surface area (TPSA) is 67.2 Å². The SMILES string of the molecule is CCSc1cccc(NCc2ccn(C)n2)c1C(=O)O. The van der Waals surface area contributed by atoms with Crippen LogP contribution < -0.4 is 5.32 Å². The zero-order valence-electron chi connectivity index (χ0n) is 11.5. The largest absolute Gasteiger partial charge is 0.478 e. The van der Waals surface area contributed by atoms with Crippen LogP contribution >= 0.6 is 11.8 Å². The summed E-state index contributed by atoms with van der Waals surface area (Å²) in [6.45, 7) is 2.51. The molecule has 0 atom stereocenters. The number of nitrogens with one attached hydrogen (secondary N) is 1. The van der Waals surface area contributed by atoms with E-state index in [1.165, 1.54) is 11.8 Å². The highest BCUT2D eigenvalue weighted by atomic mass is 32.2. The van der Waals surface area contributed by atoms with Gasteiger partial charge in [0.15, 0.2) is 0 Å². The van der Waals surface area contributed by atoms with Crippen molar-refractivity contribution >= 4 is 23.4 Å². The van der Waals surface area contributed by atoms with Gasteiger partial charge >= 0.3 is 5.97 Å². The van der Waals surface area contributed by atoms with E-state index in [0.717, 1.165) is 16.3 Å². The van der Waals surface area contributed by atoms with Gasteiger partial charge in [-0.3, -0.25) is 4.68 Å². The minimum absolute atomic E-state index is 0.329. The maximum Gasteiger partial charge on any atom is 0.338 e. The zero-order valence-corrected chi connectivity index (χ0v) is 12.3. The maximum absolute atomic E-state index is 11.5. The molecule has 20 heavy (non-hydrogen) atoms. The molecule has 2 N–H and O–H groups in total. The van der Waals surface area contributed by atoms with Crippen LogP contribution in [-0.4, -0.2) is 26.6 Å². The summed E-state index contributed by atoms with van der Waals surface area (Å²) in [6.07, 6.45) is 1.86. The average molecular weight is 291 g/mol. The van der Waals surface area contributed by atoms with Gasteiger partial charge in [0, 0.05) is 18.1 Å². The van der Waals surface area contributed by atoms with Gasteiger partial charge in [0.2, 0.25) is 0 Å². The smallest absolute Gasteiger partial charge is 0.338 e. The Morgan fingerprint density at radius 1 is 1.45 bits per heavy atom. The van der Waals surface area contributed by atoms with Crippen LogP contribution in [0.5, 0.6) is 0 Å². The summed E-state index contributed by atoms with van der Waals surface area (Å²) < 4.78 is 1.72. The zero-order chi connectivity index (χ0) is 14.5. The van der Waals surface area contributed by atoms with Crippen molar-refractivity contribution in [1.82, 2.24) is 9.78 Å². The average Bonchev–Trinajstić information content (AvgIpc) is 2.82.